The lowest BCUT2D eigenvalue weighted by molar-refractivity contribution is 0.159. The molecule has 1 aliphatic carbocycles. The molecule has 0 aliphatic heterocycles. The van der Waals surface area contributed by atoms with Crippen LogP contribution in [0.4, 0.5) is 0 Å². The summed E-state index contributed by atoms with van der Waals surface area (Å²) >= 11 is 0. The van der Waals surface area contributed by atoms with Crippen LogP contribution in [0.2, 0.25) is 0 Å². The number of benzene rings is 2. The summed E-state index contributed by atoms with van der Waals surface area (Å²) < 4.78 is 1.77. The van der Waals surface area contributed by atoms with Gasteiger partial charge in [-0.3, -0.25) is 0 Å². The largest absolute Gasteiger partial charge is 0.394 e. The van der Waals surface area contributed by atoms with Crippen LogP contribution in [-0.2, 0) is 18.5 Å². The summed E-state index contributed by atoms with van der Waals surface area (Å²) in [6, 6.07) is 14.7. The average Bonchev–Trinajstić information content (AvgIpc) is 3.29. The third kappa shape index (κ3) is 2.86. The second-order valence-corrected chi connectivity index (χ2v) is 6.71. The van der Waals surface area contributed by atoms with Crippen molar-refractivity contribution in [1.29, 1.82) is 0 Å². The molecule has 0 spiro atoms. The van der Waals surface area contributed by atoms with Crippen molar-refractivity contribution in [2.45, 2.75) is 31.8 Å². The fourth-order valence-corrected chi connectivity index (χ4v) is 3.78. The number of nitrogens with one attached hydrogen (secondary N) is 1. The van der Waals surface area contributed by atoms with Crippen molar-refractivity contribution < 1.29 is 5.11 Å². The highest BCUT2D eigenvalue weighted by atomic mass is 16.3. The Morgan fingerprint density at radius 1 is 1.24 bits per heavy atom. The molecule has 25 heavy (non-hydrogen) atoms. The Labute approximate surface area is 147 Å². The van der Waals surface area contributed by atoms with Crippen molar-refractivity contribution in [3.05, 3.63) is 77.4 Å². The third-order valence-corrected chi connectivity index (χ3v) is 5.18. The Hall–Kier alpha value is -2.50. The maximum atomic E-state index is 10.1. The quantitative estimate of drug-likeness (QED) is 0.752. The van der Waals surface area contributed by atoms with E-state index in [1.165, 1.54) is 23.0 Å². The van der Waals surface area contributed by atoms with Crippen LogP contribution in [0.25, 0.3) is 5.69 Å². The van der Waals surface area contributed by atoms with Gasteiger partial charge >= 0.3 is 0 Å². The zero-order chi connectivity index (χ0) is 17.3. The standard InChI is InChI=1S/C20H22N4O/c1-15-10-16(6-7-19(15)24-14-21-13-23-24)11-22-20(12-25)9-8-17-4-2-3-5-18(17)20/h2-7,10,13-14,22,25H,8-9,11-12H2,1H3. The number of aliphatic hydroxyl groups excluding tert-OH is 1. The van der Waals surface area contributed by atoms with Gasteiger partial charge in [0.1, 0.15) is 12.7 Å². The van der Waals surface area contributed by atoms with E-state index in [2.05, 4.69) is 58.7 Å². The Bertz CT molecular complexity index is 875. The molecule has 5 nitrogen and oxygen atoms in total. The summed E-state index contributed by atoms with van der Waals surface area (Å²) in [5.41, 5.74) is 5.60. The highest BCUT2D eigenvalue weighted by Crippen LogP contribution is 2.36. The van der Waals surface area contributed by atoms with Gasteiger partial charge in [0, 0.05) is 6.54 Å². The van der Waals surface area contributed by atoms with E-state index in [0.717, 1.165) is 24.1 Å². The highest BCUT2D eigenvalue weighted by molar-refractivity contribution is 5.42. The molecular formula is C20H22N4O. The number of hydrogen-bond donors (Lipinski definition) is 2. The van der Waals surface area contributed by atoms with E-state index in [0.29, 0.717) is 6.54 Å². The van der Waals surface area contributed by atoms with Crippen molar-refractivity contribution in [2.75, 3.05) is 6.61 Å². The summed E-state index contributed by atoms with van der Waals surface area (Å²) in [5.74, 6) is 0. The number of fused-ring (bicyclic) bond motifs is 1. The van der Waals surface area contributed by atoms with Crippen LogP contribution < -0.4 is 5.32 Å². The van der Waals surface area contributed by atoms with Gasteiger partial charge in [-0.05, 0) is 48.1 Å². The molecule has 4 rings (SSSR count). The average molecular weight is 334 g/mol. The normalized spacial score (nSPS) is 19.1. The van der Waals surface area contributed by atoms with Crippen LogP contribution in [0.3, 0.4) is 0 Å². The molecule has 0 amide bonds. The minimum atomic E-state index is -0.338. The third-order valence-electron chi connectivity index (χ3n) is 5.18. The second kappa shape index (κ2) is 6.43. The molecule has 1 unspecified atom stereocenters. The molecular weight excluding hydrogens is 312 g/mol. The molecule has 1 atom stereocenters. The number of rotatable bonds is 5. The number of aryl methyl sites for hydroxylation is 2. The van der Waals surface area contributed by atoms with Crippen LogP contribution >= 0.6 is 0 Å². The van der Waals surface area contributed by atoms with Crippen LogP contribution in [-0.4, -0.2) is 26.5 Å². The molecule has 2 N–H and O–H groups in total. The Morgan fingerprint density at radius 2 is 2.12 bits per heavy atom. The molecule has 0 radical (unpaired) electrons. The molecule has 3 aromatic rings. The molecule has 128 valence electrons. The fraction of sp³-hybridized carbons (Fsp3) is 0.300. The predicted molar refractivity (Wildman–Crippen MR) is 96.5 cm³/mol. The van der Waals surface area contributed by atoms with E-state index in [1.54, 1.807) is 11.0 Å². The van der Waals surface area contributed by atoms with Gasteiger partial charge in [-0.1, -0.05) is 36.4 Å². The number of aliphatic hydroxyl groups is 1. The number of nitrogens with zero attached hydrogens (tertiary/aromatic N) is 3. The summed E-state index contributed by atoms with van der Waals surface area (Å²) in [7, 11) is 0. The van der Waals surface area contributed by atoms with Gasteiger partial charge in [-0.25, -0.2) is 9.67 Å². The predicted octanol–water partition coefficient (Wildman–Crippen LogP) is 2.50. The van der Waals surface area contributed by atoms with Gasteiger partial charge in [0.25, 0.3) is 0 Å². The van der Waals surface area contributed by atoms with E-state index >= 15 is 0 Å². The van der Waals surface area contributed by atoms with Crippen molar-refractivity contribution in [3.8, 4) is 5.69 Å². The Balaban J connectivity index is 1.54. The van der Waals surface area contributed by atoms with Gasteiger partial charge in [0.05, 0.1) is 17.8 Å². The topological polar surface area (TPSA) is 63.0 Å². The first-order valence-electron chi connectivity index (χ1n) is 8.61. The first-order valence-corrected chi connectivity index (χ1v) is 8.61. The van der Waals surface area contributed by atoms with Gasteiger partial charge in [0.15, 0.2) is 0 Å². The van der Waals surface area contributed by atoms with Crippen LogP contribution in [0.15, 0.2) is 55.1 Å². The highest BCUT2D eigenvalue weighted by Gasteiger charge is 2.37. The van der Waals surface area contributed by atoms with Crippen molar-refractivity contribution >= 4 is 0 Å². The lowest BCUT2D eigenvalue weighted by Crippen LogP contribution is -2.43. The molecule has 0 bridgehead atoms. The lowest BCUT2D eigenvalue weighted by Gasteiger charge is -2.30. The molecule has 2 aromatic carbocycles. The molecule has 0 saturated heterocycles. The first-order chi connectivity index (χ1) is 12.2. The molecule has 0 saturated carbocycles. The van der Waals surface area contributed by atoms with Gasteiger partial charge in [-0.15, -0.1) is 0 Å². The van der Waals surface area contributed by atoms with Crippen LogP contribution in [0, 0.1) is 6.92 Å². The molecule has 1 aliphatic rings. The lowest BCUT2D eigenvalue weighted by atomic mass is 9.92. The number of aromatic nitrogens is 3. The second-order valence-electron chi connectivity index (χ2n) is 6.71. The van der Waals surface area contributed by atoms with E-state index in [4.69, 9.17) is 0 Å². The molecule has 1 aromatic heterocycles. The van der Waals surface area contributed by atoms with E-state index in [9.17, 15) is 5.11 Å². The summed E-state index contributed by atoms with van der Waals surface area (Å²) in [5, 5.41) is 17.9. The van der Waals surface area contributed by atoms with Crippen LogP contribution in [0.1, 0.15) is 28.7 Å². The van der Waals surface area contributed by atoms with Crippen molar-refractivity contribution in [1.82, 2.24) is 20.1 Å². The van der Waals surface area contributed by atoms with Gasteiger partial charge in [0.2, 0.25) is 0 Å². The van der Waals surface area contributed by atoms with Gasteiger partial charge in [-0.2, -0.15) is 5.10 Å². The smallest absolute Gasteiger partial charge is 0.138 e. The zero-order valence-electron chi connectivity index (χ0n) is 14.3. The molecule has 5 heteroatoms. The minimum Gasteiger partial charge on any atom is -0.394 e. The monoisotopic (exact) mass is 334 g/mol. The Kier molecular flexibility index (Phi) is 4.11. The zero-order valence-corrected chi connectivity index (χ0v) is 14.3. The maximum absolute atomic E-state index is 10.1. The van der Waals surface area contributed by atoms with E-state index in [1.807, 2.05) is 6.07 Å². The van der Waals surface area contributed by atoms with Crippen molar-refractivity contribution in [3.63, 3.8) is 0 Å². The van der Waals surface area contributed by atoms with E-state index < -0.39 is 0 Å². The molecule has 0 fully saturated rings. The summed E-state index contributed by atoms with van der Waals surface area (Å²) in [6.45, 7) is 2.90. The summed E-state index contributed by atoms with van der Waals surface area (Å²) in [4.78, 5) is 4.00. The number of hydrogen-bond acceptors (Lipinski definition) is 4. The summed E-state index contributed by atoms with van der Waals surface area (Å²) in [6.07, 6.45) is 5.18. The SMILES string of the molecule is Cc1cc(CNC2(CO)CCc3ccccc32)ccc1-n1cncn1. The first kappa shape index (κ1) is 16.0. The van der Waals surface area contributed by atoms with Crippen molar-refractivity contribution in [2.24, 2.45) is 0 Å². The maximum Gasteiger partial charge on any atom is 0.138 e. The Morgan fingerprint density at radius 3 is 2.88 bits per heavy atom. The van der Waals surface area contributed by atoms with E-state index in [-0.39, 0.29) is 12.1 Å². The van der Waals surface area contributed by atoms with Crippen LogP contribution in [0.5, 0.6) is 0 Å². The van der Waals surface area contributed by atoms with Gasteiger partial charge < -0.3 is 10.4 Å². The molecule has 1 heterocycles. The fourth-order valence-electron chi connectivity index (χ4n) is 3.78. The minimum absolute atomic E-state index is 0.111.